The van der Waals surface area contributed by atoms with E-state index in [1.54, 1.807) is 0 Å². The number of nitrogens with zero attached hydrogens (tertiary/aromatic N) is 2. The summed E-state index contributed by atoms with van der Waals surface area (Å²) >= 11 is 0. The maximum Gasteiger partial charge on any atom is 0.128 e. The lowest BCUT2D eigenvalue weighted by Crippen LogP contribution is -2.31. The second-order valence-corrected chi connectivity index (χ2v) is 5.86. The molecule has 1 aromatic heterocycles. The Morgan fingerprint density at radius 2 is 2.35 bits per heavy atom. The molecule has 0 bridgehead atoms. The topological polar surface area (TPSA) is 51.4 Å². The fourth-order valence-electron chi connectivity index (χ4n) is 2.64. The molecule has 1 aliphatic rings. The third-order valence-electron chi connectivity index (χ3n) is 4.01. The molecule has 20 heavy (non-hydrogen) atoms. The molecule has 2 N–H and O–H groups in total. The van der Waals surface area contributed by atoms with Crippen molar-refractivity contribution in [3.05, 3.63) is 23.9 Å². The van der Waals surface area contributed by atoms with Crippen LogP contribution >= 0.6 is 0 Å². The first-order valence-corrected chi connectivity index (χ1v) is 7.68. The smallest absolute Gasteiger partial charge is 0.128 e. The fourth-order valence-corrected chi connectivity index (χ4v) is 2.64. The van der Waals surface area contributed by atoms with E-state index in [-0.39, 0.29) is 6.04 Å². The molecule has 112 valence electrons. The standard InChI is InChI=1S/C16H27N3O/c1-3-15(17)9-13-6-7-16(18-10-13)19(2)11-14-5-4-8-20-12-14/h6-7,10,14-15H,3-5,8-9,11-12,17H2,1-2H3. The van der Waals surface area contributed by atoms with Crippen LogP contribution in [0.4, 0.5) is 5.82 Å². The Bertz CT molecular complexity index is 387. The van der Waals surface area contributed by atoms with E-state index < -0.39 is 0 Å². The van der Waals surface area contributed by atoms with Gasteiger partial charge < -0.3 is 15.4 Å². The van der Waals surface area contributed by atoms with E-state index in [2.05, 4.69) is 36.0 Å². The van der Waals surface area contributed by atoms with Gasteiger partial charge in [-0.25, -0.2) is 4.98 Å². The molecule has 0 spiro atoms. The van der Waals surface area contributed by atoms with Gasteiger partial charge in [0.25, 0.3) is 0 Å². The van der Waals surface area contributed by atoms with E-state index in [1.165, 1.54) is 18.4 Å². The molecule has 2 atom stereocenters. The minimum absolute atomic E-state index is 0.236. The van der Waals surface area contributed by atoms with Crippen molar-refractivity contribution in [1.82, 2.24) is 4.98 Å². The average Bonchev–Trinajstić information content (AvgIpc) is 2.49. The zero-order valence-electron chi connectivity index (χ0n) is 12.7. The van der Waals surface area contributed by atoms with E-state index in [4.69, 9.17) is 10.5 Å². The summed E-state index contributed by atoms with van der Waals surface area (Å²) in [6.07, 6.45) is 6.31. The van der Waals surface area contributed by atoms with Gasteiger partial charge in [-0.15, -0.1) is 0 Å². The van der Waals surface area contributed by atoms with E-state index in [0.717, 1.165) is 38.4 Å². The highest BCUT2D eigenvalue weighted by Gasteiger charge is 2.16. The van der Waals surface area contributed by atoms with Crippen molar-refractivity contribution >= 4 is 5.82 Å². The third-order valence-corrected chi connectivity index (χ3v) is 4.01. The third kappa shape index (κ3) is 4.46. The maximum absolute atomic E-state index is 5.97. The van der Waals surface area contributed by atoms with Crippen molar-refractivity contribution in [3.8, 4) is 0 Å². The molecule has 2 unspecified atom stereocenters. The lowest BCUT2D eigenvalue weighted by Gasteiger charge is -2.27. The lowest BCUT2D eigenvalue weighted by molar-refractivity contribution is 0.0576. The first-order valence-electron chi connectivity index (χ1n) is 7.68. The number of aromatic nitrogens is 1. The zero-order valence-corrected chi connectivity index (χ0v) is 12.7. The Balaban J connectivity index is 1.87. The SMILES string of the molecule is CCC(N)Cc1ccc(N(C)CC2CCCOC2)nc1. The number of hydrogen-bond donors (Lipinski definition) is 1. The first-order chi connectivity index (χ1) is 9.69. The van der Waals surface area contributed by atoms with E-state index in [0.29, 0.717) is 5.92 Å². The van der Waals surface area contributed by atoms with Crippen molar-refractivity contribution < 1.29 is 4.74 Å². The molecule has 0 amide bonds. The average molecular weight is 277 g/mol. The van der Waals surface area contributed by atoms with E-state index in [1.807, 2.05) is 6.20 Å². The monoisotopic (exact) mass is 277 g/mol. The molecule has 0 saturated carbocycles. The summed E-state index contributed by atoms with van der Waals surface area (Å²) in [6.45, 7) is 4.94. The summed E-state index contributed by atoms with van der Waals surface area (Å²) in [5, 5.41) is 0. The van der Waals surface area contributed by atoms with Crippen molar-refractivity contribution in [1.29, 1.82) is 0 Å². The molecule has 0 radical (unpaired) electrons. The van der Waals surface area contributed by atoms with Crippen LogP contribution in [-0.4, -0.2) is 37.8 Å². The molecule has 0 aliphatic carbocycles. The molecule has 2 rings (SSSR count). The zero-order chi connectivity index (χ0) is 14.4. The van der Waals surface area contributed by atoms with Crippen LogP contribution in [0, 0.1) is 5.92 Å². The van der Waals surface area contributed by atoms with Gasteiger partial charge in [0, 0.05) is 32.4 Å². The van der Waals surface area contributed by atoms with Crippen LogP contribution in [0.1, 0.15) is 31.7 Å². The maximum atomic E-state index is 5.97. The highest BCUT2D eigenvalue weighted by atomic mass is 16.5. The van der Waals surface area contributed by atoms with Gasteiger partial charge in [-0.3, -0.25) is 0 Å². The quantitative estimate of drug-likeness (QED) is 0.866. The minimum Gasteiger partial charge on any atom is -0.381 e. The Morgan fingerprint density at radius 3 is 2.95 bits per heavy atom. The van der Waals surface area contributed by atoms with Gasteiger partial charge >= 0.3 is 0 Å². The molecule has 1 fully saturated rings. The van der Waals surface area contributed by atoms with Crippen LogP contribution in [0.15, 0.2) is 18.3 Å². The molecule has 0 aromatic carbocycles. The molecule has 4 nitrogen and oxygen atoms in total. The summed E-state index contributed by atoms with van der Waals surface area (Å²) in [5.74, 6) is 1.66. The lowest BCUT2D eigenvalue weighted by atomic mass is 10.0. The van der Waals surface area contributed by atoms with Gasteiger partial charge in [-0.1, -0.05) is 13.0 Å². The molecular formula is C16H27N3O. The molecule has 2 heterocycles. The predicted octanol–water partition coefficient (Wildman–Crippen LogP) is 2.22. The normalized spacial score (nSPS) is 20.6. The Labute approximate surface area is 122 Å². The van der Waals surface area contributed by atoms with Gasteiger partial charge in [0.2, 0.25) is 0 Å². The van der Waals surface area contributed by atoms with Crippen LogP contribution in [-0.2, 0) is 11.2 Å². The minimum atomic E-state index is 0.236. The highest BCUT2D eigenvalue weighted by molar-refractivity contribution is 5.38. The fraction of sp³-hybridized carbons (Fsp3) is 0.688. The molecule has 1 saturated heterocycles. The van der Waals surface area contributed by atoms with Gasteiger partial charge in [-0.2, -0.15) is 0 Å². The van der Waals surface area contributed by atoms with Crippen molar-refractivity contribution in [2.24, 2.45) is 11.7 Å². The Kier molecular flexibility index (Phi) is 5.80. The van der Waals surface area contributed by atoms with Crippen LogP contribution in [0.3, 0.4) is 0 Å². The molecule has 1 aliphatic heterocycles. The van der Waals surface area contributed by atoms with Crippen molar-refractivity contribution in [3.63, 3.8) is 0 Å². The van der Waals surface area contributed by atoms with Crippen LogP contribution < -0.4 is 10.6 Å². The van der Waals surface area contributed by atoms with Crippen LogP contribution in [0.5, 0.6) is 0 Å². The Hall–Kier alpha value is -1.13. The van der Waals surface area contributed by atoms with E-state index in [9.17, 15) is 0 Å². The first kappa shape index (κ1) is 15.3. The molecule has 1 aromatic rings. The van der Waals surface area contributed by atoms with Crippen LogP contribution in [0.2, 0.25) is 0 Å². The van der Waals surface area contributed by atoms with Gasteiger partial charge in [0.05, 0.1) is 6.61 Å². The summed E-state index contributed by atoms with van der Waals surface area (Å²) in [5.41, 5.74) is 7.19. The number of rotatable bonds is 6. The van der Waals surface area contributed by atoms with Crippen LogP contribution in [0.25, 0.3) is 0 Å². The summed E-state index contributed by atoms with van der Waals surface area (Å²) in [4.78, 5) is 6.79. The van der Waals surface area contributed by atoms with Gasteiger partial charge in [0.15, 0.2) is 0 Å². The summed E-state index contributed by atoms with van der Waals surface area (Å²) in [6, 6.07) is 4.48. The van der Waals surface area contributed by atoms with Gasteiger partial charge in [-0.05, 0) is 43.2 Å². The molecular weight excluding hydrogens is 250 g/mol. The van der Waals surface area contributed by atoms with Crippen molar-refractivity contribution in [2.45, 2.75) is 38.6 Å². The number of hydrogen-bond acceptors (Lipinski definition) is 4. The largest absolute Gasteiger partial charge is 0.381 e. The van der Waals surface area contributed by atoms with Crippen molar-refractivity contribution in [2.75, 3.05) is 31.7 Å². The van der Waals surface area contributed by atoms with Gasteiger partial charge in [0.1, 0.15) is 5.82 Å². The number of ether oxygens (including phenoxy) is 1. The summed E-state index contributed by atoms with van der Waals surface area (Å²) in [7, 11) is 2.11. The second-order valence-electron chi connectivity index (χ2n) is 5.86. The Morgan fingerprint density at radius 1 is 1.50 bits per heavy atom. The molecule has 4 heteroatoms. The second kappa shape index (κ2) is 7.60. The summed E-state index contributed by atoms with van der Waals surface area (Å²) < 4.78 is 5.53. The number of pyridine rings is 1. The highest BCUT2D eigenvalue weighted by Crippen LogP contribution is 2.18. The predicted molar refractivity (Wildman–Crippen MR) is 83.0 cm³/mol. The number of anilines is 1. The number of nitrogens with two attached hydrogens (primary N) is 1. The van der Waals surface area contributed by atoms with E-state index >= 15 is 0 Å².